The first-order valence-corrected chi connectivity index (χ1v) is 8.06. The molecule has 0 fully saturated rings. The van der Waals surface area contributed by atoms with Gasteiger partial charge in [-0.2, -0.15) is 0 Å². The van der Waals surface area contributed by atoms with Crippen LogP contribution >= 0.6 is 0 Å². The number of amides is 2. The second-order valence-corrected chi connectivity index (χ2v) is 5.61. The van der Waals surface area contributed by atoms with Gasteiger partial charge < -0.3 is 20.9 Å². The summed E-state index contributed by atoms with van der Waals surface area (Å²) in [5, 5.41) is 9.74. The van der Waals surface area contributed by atoms with Crippen molar-refractivity contribution < 1.29 is 4.79 Å². The van der Waals surface area contributed by atoms with Gasteiger partial charge in [-0.05, 0) is 42.5 Å². The Morgan fingerprint density at radius 2 is 1.50 bits per heavy atom. The molecule has 0 saturated heterocycles. The number of hydrogen-bond donors (Lipinski definition) is 4. The third-order valence-electron chi connectivity index (χ3n) is 3.79. The van der Waals surface area contributed by atoms with Crippen molar-refractivity contribution in [2.45, 2.75) is 0 Å². The molecule has 2 heterocycles. The molecule has 7 nitrogen and oxygen atoms in total. The van der Waals surface area contributed by atoms with E-state index in [2.05, 4.69) is 30.9 Å². The summed E-state index contributed by atoms with van der Waals surface area (Å²) in [5.74, 6) is 0.721. The van der Waals surface area contributed by atoms with Crippen LogP contribution in [0, 0.1) is 0 Å². The molecule has 4 aromatic rings. The van der Waals surface area contributed by atoms with Crippen molar-refractivity contribution in [1.29, 1.82) is 0 Å². The van der Waals surface area contributed by atoms with Crippen LogP contribution in [0.2, 0.25) is 0 Å². The summed E-state index contributed by atoms with van der Waals surface area (Å²) >= 11 is 0. The molecule has 0 aliphatic heterocycles. The van der Waals surface area contributed by atoms with E-state index in [0.29, 0.717) is 5.69 Å². The van der Waals surface area contributed by atoms with Crippen molar-refractivity contribution in [2.24, 2.45) is 0 Å². The molecule has 7 heteroatoms. The maximum absolute atomic E-state index is 12.0. The highest BCUT2D eigenvalue weighted by molar-refractivity contribution is 5.99. The highest BCUT2D eigenvalue weighted by atomic mass is 16.2. The molecule has 0 aliphatic carbocycles. The van der Waals surface area contributed by atoms with Crippen LogP contribution in [-0.2, 0) is 0 Å². The summed E-state index contributed by atoms with van der Waals surface area (Å²) < 4.78 is 0. The molecule has 0 radical (unpaired) electrons. The largest absolute Gasteiger partial charge is 0.346 e. The van der Waals surface area contributed by atoms with Gasteiger partial charge in [0.1, 0.15) is 17.8 Å². The number of aromatic nitrogens is 3. The smallest absolute Gasteiger partial charge is 0.323 e. The molecule has 128 valence electrons. The summed E-state index contributed by atoms with van der Waals surface area (Å²) in [6.07, 6.45) is 3.33. The molecule has 0 aliphatic rings. The minimum absolute atomic E-state index is 0.290. The monoisotopic (exact) mass is 344 g/mol. The fourth-order valence-corrected chi connectivity index (χ4v) is 2.56. The maximum atomic E-state index is 12.0. The van der Waals surface area contributed by atoms with Gasteiger partial charge in [0.05, 0.1) is 5.39 Å². The Morgan fingerprint density at radius 3 is 2.27 bits per heavy atom. The number of fused-ring (bicyclic) bond motifs is 1. The van der Waals surface area contributed by atoms with Gasteiger partial charge in [0.15, 0.2) is 0 Å². The highest BCUT2D eigenvalue weighted by Gasteiger charge is 2.06. The number of anilines is 4. The number of hydrogen-bond acceptors (Lipinski definition) is 4. The number of para-hydroxylation sites is 1. The van der Waals surface area contributed by atoms with Gasteiger partial charge in [0.25, 0.3) is 0 Å². The first-order chi connectivity index (χ1) is 12.8. The Labute approximate surface area is 149 Å². The van der Waals surface area contributed by atoms with Crippen molar-refractivity contribution in [2.75, 3.05) is 16.0 Å². The molecule has 0 bridgehead atoms. The minimum atomic E-state index is -0.290. The quantitative estimate of drug-likeness (QED) is 0.443. The second kappa shape index (κ2) is 6.94. The molecule has 2 amide bonds. The average molecular weight is 344 g/mol. The van der Waals surface area contributed by atoms with E-state index < -0.39 is 0 Å². The summed E-state index contributed by atoms with van der Waals surface area (Å²) in [4.78, 5) is 23.5. The number of carbonyl (C=O) groups is 1. The summed E-state index contributed by atoms with van der Waals surface area (Å²) in [5.41, 5.74) is 3.07. The van der Waals surface area contributed by atoms with E-state index in [1.54, 1.807) is 0 Å². The predicted molar refractivity (Wildman–Crippen MR) is 103 cm³/mol. The summed E-state index contributed by atoms with van der Waals surface area (Å²) in [6.45, 7) is 0. The van der Waals surface area contributed by atoms with Gasteiger partial charge in [0.2, 0.25) is 0 Å². The van der Waals surface area contributed by atoms with Crippen molar-refractivity contribution in [3.8, 4) is 0 Å². The zero-order valence-corrected chi connectivity index (χ0v) is 13.7. The summed E-state index contributed by atoms with van der Waals surface area (Å²) in [7, 11) is 0. The summed E-state index contributed by atoms with van der Waals surface area (Å²) in [6, 6.07) is 18.3. The van der Waals surface area contributed by atoms with E-state index in [9.17, 15) is 4.79 Å². The van der Waals surface area contributed by atoms with E-state index in [4.69, 9.17) is 0 Å². The average Bonchev–Trinajstić information content (AvgIpc) is 3.14. The lowest BCUT2D eigenvalue weighted by molar-refractivity contribution is 0.262. The number of carbonyl (C=O) groups excluding carboxylic acids is 1. The first-order valence-electron chi connectivity index (χ1n) is 8.06. The zero-order chi connectivity index (χ0) is 17.8. The molecule has 0 saturated carbocycles. The Kier molecular flexibility index (Phi) is 4.17. The first kappa shape index (κ1) is 15.6. The van der Waals surface area contributed by atoms with Crippen LogP contribution in [-0.4, -0.2) is 21.0 Å². The predicted octanol–water partition coefficient (Wildman–Crippen LogP) is 4.35. The normalized spacial score (nSPS) is 10.5. The Hall–Kier alpha value is -3.87. The molecule has 2 aromatic carbocycles. The van der Waals surface area contributed by atoms with Crippen LogP contribution in [0.1, 0.15) is 0 Å². The fraction of sp³-hybridized carbons (Fsp3) is 0. The lowest BCUT2D eigenvalue weighted by Gasteiger charge is -2.09. The van der Waals surface area contributed by atoms with Crippen molar-refractivity contribution >= 4 is 39.9 Å². The number of urea groups is 1. The van der Waals surface area contributed by atoms with Crippen molar-refractivity contribution in [1.82, 2.24) is 15.0 Å². The molecule has 26 heavy (non-hydrogen) atoms. The van der Waals surface area contributed by atoms with Crippen LogP contribution in [0.15, 0.2) is 73.2 Å². The van der Waals surface area contributed by atoms with Gasteiger partial charge >= 0.3 is 6.03 Å². The van der Waals surface area contributed by atoms with E-state index >= 15 is 0 Å². The molecular formula is C19H16N6O. The molecule has 4 N–H and O–H groups in total. The fourth-order valence-electron chi connectivity index (χ4n) is 2.56. The van der Waals surface area contributed by atoms with Gasteiger partial charge in [-0.15, -0.1) is 0 Å². The maximum Gasteiger partial charge on any atom is 0.323 e. The third-order valence-corrected chi connectivity index (χ3v) is 3.79. The SMILES string of the molecule is O=C(Nc1ccccc1)Nc1ccc(Nc2ncnc3[nH]ccc23)cc1. The lowest BCUT2D eigenvalue weighted by Crippen LogP contribution is -2.19. The van der Waals surface area contributed by atoms with E-state index in [1.807, 2.05) is 66.9 Å². The Bertz CT molecular complexity index is 1030. The van der Waals surface area contributed by atoms with Crippen LogP contribution in [0.3, 0.4) is 0 Å². The highest BCUT2D eigenvalue weighted by Crippen LogP contribution is 2.23. The Balaban J connectivity index is 1.42. The standard InChI is InChI=1S/C19H16N6O/c26-19(24-13-4-2-1-3-5-13)25-15-8-6-14(7-9-15)23-18-16-10-11-20-17(16)21-12-22-18/h1-12H,(H2,24,25,26)(H2,20,21,22,23). The van der Waals surface area contributed by atoms with Gasteiger partial charge in [-0.25, -0.2) is 14.8 Å². The second-order valence-electron chi connectivity index (χ2n) is 5.61. The molecule has 2 aromatic heterocycles. The van der Waals surface area contributed by atoms with Crippen LogP contribution in [0.5, 0.6) is 0 Å². The van der Waals surface area contributed by atoms with Crippen LogP contribution in [0.4, 0.5) is 27.7 Å². The number of rotatable bonds is 4. The number of nitrogens with zero attached hydrogens (tertiary/aromatic N) is 2. The van der Waals surface area contributed by atoms with E-state index in [1.165, 1.54) is 6.33 Å². The number of benzene rings is 2. The molecule has 0 unspecified atom stereocenters. The molecular weight excluding hydrogens is 328 g/mol. The Morgan fingerprint density at radius 1 is 0.808 bits per heavy atom. The number of aromatic amines is 1. The topological polar surface area (TPSA) is 94.7 Å². The number of H-pyrrole nitrogens is 1. The number of nitrogens with one attached hydrogen (secondary N) is 4. The molecule has 0 spiro atoms. The van der Waals surface area contributed by atoms with Gasteiger partial charge in [0, 0.05) is 23.3 Å². The zero-order valence-electron chi connectivity index (χ0n) is 13.7. The van der Waals surface area contributed by atoms with Gasteiger partial charge in [-0.3, -0.25) is 0 Å². The molecule has 0 atom stereocenters. The van der Waals surface area contributed by atoms with Crippen LogP contribution < -0.4 is 16.0 Å². The third kappa shape index (κ3) is 3.46. The van der Waals surface area contributed by atoms with Crippen molar-refractivity contribution in [3.63, 3.8) is 0 Å². The lowest BCUT2D eigenvalue weighted by atomic mass is 10.2. The minimum Gasteiger partial charge on any atom is -0.346 e. The van der Waals surface area contributed by atoms with E-state index in [-0.39, 0.29) is 6.03 Å². The van der Waals surface area contributed by atoms with E-state index in [0.717, 1.165) is 28.2 Å². The van der Waals surface area contributed by atoms with Crippen LogP contribution in [0.25, 0.3) is 11.0 Å². The molecule has 4 rings (SSSR count). The van der Waals surface area contributed by atoms with Crippen molar-refractivity contribution in [3.05, 3.63) is 73.2 Å². The van der Waals surface area contributed by atoms with Gasteiger partial charge in [-0.1, -0.05) is 18.2 Å².